The van der Waals surface area contributed by atoms with Gasteiger partial charge in [0.05, 0.1) is 12.0 Å². The van der Waals surface area contributed by atoms with Crippen molar-refractivity contribution in [3.8, 4) is 22.9 Å². The number of aromatic nitrogens is 3. The third-order valence-corrected chi connectivity index (χ3v) is 5.75. The van der Waals surface area contributed by atoms with Crippen molar-refractivity contribution in [3.05, 3.63) is 89.4 Å². The maximum atomic E-state index is 12.2. The number of carbonyl (C=O) groups excluding carboxylic acids is 1. The molecule has 1 amide bonds. The number of hydrogen-bond donors (Lipinski definition) is 1. The fraction of sp³-hybridized carbons (Fsp3) is 0.0833. The molecule has 9 heteroatoms. The number of halogens is 1. The summed E-state index contributed by atoms with van der Waals surface area (Å²) in [6.45, 7) is 0. The van der Waals surface area contributed by atoms with Crippen LogP contribution in [0.4, 0.5) is 0 Å². The quantitative estimate of drug-likeness (QED) is 0.215. The standard InChI is InChI=1S/C24H20ClN5O2S/c1-30-23(18-8-6-9-19(25)14-18)28-29-24(30)33-16-22(31)27-26-15-17-7-5-12-21(13-17)32-20-10-3-2-4-11-20/h2-15H,16H2,1H3,(H,27,31)/b26-15+. The summed E-state index contributed by atoms with van der Waals surface area (Å²) in [7, 11) is 1.85. The van der Waals surface area contributed by atoms with Crippen molar-refractivity contribution < 1.29 is 9.53 Å². The molecule has 0 radical (unpaired) electrons. The Bertz CT molecular complexity index is 1280. The highest BCUT2D eigenvalue weighted by Crippen LogP contribution is 2.24. The van der Waals surface area contributed by atoms with Crippen LogP contribution in [0.5, 0.6) is 11.5 Å². The van der Waals surface area contributed by atoms with E-state index < -0.39 is 0 Å². The Hall–Kier alpha value is -3.62. The van der Waals surface area contributed by atoms with E-state index in [1.165, 1.54) is 11.8 Å². The second-order valence-corrected chi connectivity index (χ2v) is 8.32. The van der Waals surface area contributed by atoms with E-state index >= 15 is 0 Å². The van der Waals surface area contributed by atoms with E-state index in [0.29, 0.717) is 21.8 Å². The van der Waals surface area contributed by atoms with Crippen LogP contribution in [-0.2, 0) is 11.8 Å². The second kappa shape index (κ2) is 10.8. The molecular formula is C24H20ClN5O2S. The van der Waals surface area contributed by atoms with Crippen molar-refractivity contribution in [2.45, 2.75) is 5.16 Å². The first-order valence-electron chi connectivity index (χ1n) is 10.0. The molecule has 0 saturated carbocycles. The molecular weight excluding hydrogens is 458 g/mol. The van der Waals surface area contributed by atoms with Crippen LogP contribution in [-0.4, -0.2) is 32.6 Å². The van der Waals surface area contributed by atoms with E-state index in [1.807, 2.05) is 84.4 Å². The highest BCUT2D eigenvalue weighted by atomic mass is 35.5. The van der Waals surface area contributed by atoms with Crippen LogP contribution in [0, 0.1) is 0 Å². The van der Waals surface area contributed by atoms with Crippen LogP contribution in [0.1, 0.15) is 5.56 Å². The molecule has 1 heterocycles. The number of carbonyl (C=O) groups is 1. The molecule has 3 aromatic carbocycles. The van der Waals surface area contributed by atoms with Gasteiger partial charge in [-0.3, -0.25) is 4.79 Å². The van der Waals surface area contributed by atoms with Gasteiger partial charge in [0.1, 0.15) is 11.5 Å². The van der Waals surface area contributed by atoms with Crippen LogP contribution >= 0.6 is 23.4 Å². The summed E-state index contributed by atoms with van der Waals surface area (Å²) in [5, 5.41) is 13.7. The fourth-order valence-corrected chi connectivity index (χ4v) is 3.84. The van der Waals surface area contributed by atoms with E-state index in [9.17, 15) is 4.79 Å². The summed E-state index contributed by atoms with van der Waals surface area (Å²) in [6.07, 6.45) is 1.57. The van der Waals surface area contributed by atoms with Crippen LogP contribution in [0.25, 0.3) is 11.4 Å². The monoisotopic (exact) mass is 477 g/mol. The maximum absolute atomic E-state index is 12.2. The molecule has 166 valence electrons. The Kier molecular flexibility index (Phi) is 7.39. The minimum Gasteiger partial charge on any atom is -0.457 e. The number of rotatable bonds is 8. The van der Waals surface area contributed by atoms with Gasteiger partial charge in [-0.25, -0.2) is 5.43 Å². The lowest BCUT2D eigenvalue weighted by Gasteiger charge is -2.06. The highest BCUT2D eigenvalue weighted by molar-refractivity contribution is 7.99. The predicted molar refractivity (Wildman–Crippen MR) is 131 cm³/mol. The molecule has 0 saturated heterocycles. The molecule has 4 aromatic rings. The molecule has 0 fully saturated rings. The van der Waals surface area contributed by atoms with Crippen molar-refractivity contribution in [1.29, 1.82) is 0 Å². The first kappa shape index (κ1) is 22.6. The predicted octanol–water partition coefficient (Wildman–Crippen LogP) is 5.17. The first-order valence-corrected chi connectivity index (χ1v) is 11.4. The van der Waals surface area contributed by atoms with Crippen LogP contribution in [0.2, 0.25) is 5.02 Å². The second-order valence-electron chi connectivity index (χ2n) is 6.95. The van der Waals surface area contributed by atoms with Crippen molar-refractivity contribution in [3.63, 3.8) is 0 Å². The third-order valence-electron chi connectivity index (χ3n) is 4.49. The average molecular weight is 478 g/mol. The summed E-state index contributed by atoms with van der Waals surface area (Å²) in [5.74, 6) is 2.01. The van der Waals surface area contributed by atoms with Crippen molar-refractivity contribution in [2.24, 2.45) is 12.1 Å². The van der Waals surface area contributed by atoms with E-state index in [0.717, 1.165) is 16.9 Å². The van der Waals surface area contributed by atoms with Gasteiger partial charge >= 0.3 is 0 Å². The number of ether oxygens (including phenoxy) is 1. The van der Waals surface area contributed by atoms with Crippen molar-refractivity contribution in [1.82, 2.24) is 20.2 Å². The summed E-state index contributed by atoms with van der Waals surface area (Å²) >= 11 is 7.33. The lowest BCUT2D eigenvalue weighted by Crippen LogP contribution is -2.19. The first-order chi connectivity index (χ1) is 16.1. The van der Waals surface area contributed by atoms with Crippen LogP contribution < -0.4 is 10.2 Å². The molecule has 4 rings (SSSR count). The number of thioether (sulfide) groups is 1. The van der Waals surface area contributed by atoms with E-state index in [4.69, 9.17) is 16.3 Å². The number of nitrogens with zero attached hydrogens (tertiary/aromatic N) is 4. The Morgan fingerprint density at radius 1 is 1.06 bits per heavy atom. The maximum Gasteiger partial charge on any atom is 0.250 e. The number of hydrogen-bond acceptors (Lipinski definition) is 6. The molecule has 0 spiro atoms. The van der Waals surface area contributed by atoms with E-state index in [-0.39, 0.29) is 11.7 Å². The van der Waals surface area contributed by atoms with Gasteiger partial charge in [0.15, 0.2) is 11.0 Å². The number of benzene rings is 3. The zero-order valence-electron chi connectivity index (χ0n) is 17.7. The number of amides is 1. The Morgan fingerprint density at radius 3 is 2.67 bits per heavy atom. The topological polar surface area (TPSA) is 81.4 Å². The van der Waals surface area contributed by atoms with Gasteiger partial charge in [-0.05, 0) is 42.0 Å². The van der Waals surface area contributed by atoms with Crippen LogP contribution in [0.15, 0.2) is 89.1 Å². The minimum atomic E-state index is -0.250. The Morgan fingerprint density at radius 2 is 1.85 bits per heavy atom. The summed E-state index contributed by atoms with van der Waals surface area (Å²) in [6, 6.07) is 24.3. The lowest BCUT2D eigenvalue weighted by molar-refractivity contribution is -0.118. The van der Waals surface area contributed by atoms with Gasteiger partial charge in [0.25, 0.3) is 5.91 Å². The Labute approximate surface area is 200 Å². The highest BCUT2D eigenvalue weighted by Gasteiger charge is 2.13. The zero-order valence-corrected chi connectivity index (χ0v) is 19.3. The van der Waals surface area contributed by atoms with Gasteiger partial charge in [0.2, 0.25) is 0 Å². The molecule has 1 aromatic heterocycles. The normalized spacial score (nSPS) is 11.0. The largest absolute Gasteiger partial charge is 0.457 e. The number of hydrazone groups is 1. The van der Waals surface area contributed by atoms with Crippen molar-refractivity contribution in [2.75, 3.05) is 5.75 Å². The summed E-state index contributed by atoms with van der Waals surface area (Å²) < 4.78 is 7.64. The van der Waals surface area contributed by atoms with Gasteiger partial charge in [-0.15, -0.1) is 10.2 Å². The summed E-state index contributed by atoms with van der Waals surface area (Å²) in [5.41, 5.74) is 4.19. The smallest absolute Gasteiger partial charge is 0.250 e. The van der Waals surface area contributed by atoms with E-state index in [1.54, 1.807) is 12.3 Å². The minimum absolute atomic E-state index is 0.149. The SMILES string of the molecule is Cn1c(SCC(=O)N/N=C/c2cccc(Oc3ccccc3)c2)nnc1-c1cccc(Cl)c1. The lowest BCUT2D eigenvalue weighted by atomic mass is 10.2. The molecule has 0 aliphatic heterocycles. The van der Waals surface area contributed by atoms with Gasteiger partial charge in [-0.2, -0.15) is 5.10 Å². The van der Waals surface area contributed by atoms with E-state index in [2.05, 4.69) is 20.7 Å². The van der Waals surface area contributed by atoms with Gasteiger partial charge in [-0.1, -0.05) is 65.8 Å². The molecule has 0 bridgehead atoms. The fourth-order valence-electron chi connectivity index (χ4n) is 2.94. The van der Waals surface area contributed by atoms with Crippen LogP contribution in [0.3, 0.4) is 0 Å². The third kappa shape index (κ3) is 6.21. The molecule has 0 atom stereocenters. The molecule has 7 nitrogen and oxygen atoms in total. The van der Waals surface area contributed by atoms with Gasteiger partial charge in [0, 0.05) is 17.6 Å². The molecule has 0 aliphatic carbocycles. The summed E-state index contributed by atoms with van der Waals surface area (Å²) in [4.78, 5) is 12.2. The average Bonchev–Trinajstić information content (AvgIpc) is 3.19. The molecule has 1 N–H and O–H groups in total. The molecule has 0 unspecified atom stereocenters. The Balaban J connectivity index is 1.30. The van der Waals surface area contributed by atoms with Crippen molar-refractivity contribution >= 4 is 35.5 Å². The molecule has 0 aliphatic rings. The van der Waals surface area contributed by atoms with Gasteiger partial charge < -0.3 is 9.30 Å². The molecule has 33 heavy (non-hydrogen) atoms. The number of nitrogens with one attached hydrogen (secondary N) is 1. The zero-order chi connectivity index (χ0) is 23.0. The number of para-hydroxylation sites is 1.